The lowest BCUT2D eigenvalue weighted by atomic mass is 9.71. The van der Waals surface area contributed by atoms with Crippen molar-refractivity contribution in [3.63, 3.8) is 0 Å². The number of hydrogen-bond acceptors (Lipinski definition) is 1. The monoisotopic (exact) mass is 277 g/mol. The number of aryl methyl sites for hydroxylation is 1. The van der Waals surface area contributed by atoms with Gasteiger partial charge < -0.3 is 4.90 Å². The van der Waals surface area contributed by atoms with E-state index < -0.39 is 0 Å². The highest BCUT2D eigenvalue weighted by Crippen LogP contribution is 2.47. The summed E-state index contributed by atoms with van der Waals surface area (Å²) >= 11 is 0. The Morgan fingerprint density at radius 3 is 2.43 bits per heavy atom. The van der Waals surface area contributed by atoms with E-state index in [0.717, 1.165) is 5.92 Å². The number of rotatable bonds is 1. The molecule has 1 nitrogen and oxygen atoms in total. The molecule has 0 unspecified atom stereocenters. The summed E-state index contributed by atoms with van der Waals surface area (Å²) in [5.74, 6) is 1.30. The van der Waals surface area contributed by atoms with E-state index in [1.54, 1.807) is 11.1 Å². The summed E-state index contributed by atoms with van der Waals surface area (Å²) in [5, 5.41) is 0. The molecule has 108 valence electrons. The largest absolute Gasteiger partial charge is 0.303 e. The molecule has 0 N–H and O–H groups in total. The van der Waals surface area contributed by atoms with Gasteiger partial charge in [-0.05, 0) is 50.0 Å². The first kappa shape index (κ1) is 13.1. The van der Waals surface area contributed by atoms with E-state index in [1.165, 1.54) is 30.5 Å². The van der Waals surface area contributed by atoms with Gasteiger partial charge in [-0.15, -0.1) is 0 Å². The van der Waals surface area contributed by atoms with Crippen molar-refractivity contribution >= 4 is 0 Å². The van der Waals surface area contributed by atoms with Gasteiger partial charge in [-0.25, -0.2) is 0 Å². The molecule has 3 atom stereocenters. The molecule has 2 aliphatic rings. The summed E-state index contributed by atoms with van der Waals surface area (Å²) in [4.78, 5) is 2.57. The maximum atomic E-state index is 2.57. The molecule has 0 bridgehead atoms. The second-order valence-electron chi connectivity index (χ2n) is 6.77. The second-order valence-corrected chi connectivity index (χ2v) is 6.77. The van der Waals surface area contributed by atoms with E-state index in [2.05, 4.69) is 67.4 Å². The number of hydrogen-bond donors (Lipinski definition) is 0. The van der Waals surface area contributed by atoms with Crippen molar-refractivity contribution in [1.82, 2.24) is 4.90 Å². The summed E-state index contributed by atoms with van der Waals surface area (Å²) < 4.78 is 0. The Kier molecular flexibility index (Phi) is 3.11. The van der Waals surface area contributed by atoms with Gasteiger partial charge in [0.05, 0.1) is 0 Å². The standard InChI is InChI=1S/C20H23N/c1-14-7-9-15(10-8-14)19-13-20-18(11-12-21(20)2)16-5-3-4-6-17(16)19/h3-10,18-20H,11-13H2,1-2H3/t18-,19+,20+/m1/s1. The fourth-order valence-electron chi connectivity index (χ4n) is 4.36. The SMILES string of the molecule is Cc1ccc([C@@H]2C[C@H]3[C@H](CCN3C)c3ccccc32)cc1. The molecule has 4 rings (SSSR count). The third-order valence-corrected chi connectivity index (χ3v) is 5.55. The van der Waals surface area contributed by atoms with E-state index in [4.69, 9.17) is 0 Å². The van der Waals surface area contributed by atoms with Gasteiger partial charge >= 0.3 is 0 Å². The molecule has 1 aliphatic carbocycles. The Morgan fingerprint density at radius 1 is 0.952 bits per heavy atom. The van der Waals surface area contributed by atoms with Crippen LogP contribution in [0.1, 0.15) is 46.9 Å². The van der Waals surface area contributed by atoms with Crippen molar-refractivity contribution in [3.05, 3.63) is 70.8 Å². The lowest BCUT2D eigenvalue weighted by Crippen LogP contribution is -2.34. The first-order valence-corrected chi connectivity index (χ1v) is 8.09. The van der Waals surface area contributed by atoms with Crippen molar-refractivity contribution in [2.45, 2.75) is 37.6 Å². The average Bonchev–Trinajstić information content (AvgIpc) is 2.89. The molecule has 0 spiro atoms. The van der Waals surface area contributed by atoms with E-state index in [-0.39, 0.29) is 0 Å². The van der Waals surface area contributed by atoms with Gasteiger partial charge in [-0.2, -0.15) is 0 Å². The van der Waals surface area contributed by atoms with Gasteiger partial charge in [-0.1, -0.05) is 54.1 Å². The zero-order valence-electron chi connectivity index (χ0n) is 12.9. The third-order valence-electron chi connectivity index (χ3n) is 5.55. The molecule has 1 fully saturated rings. The molecule has 1 saturated heterocycles. The summed E-state index contributed by atoms with van der Waals surface area (Å²) in [6.07, 6.45) is 2.58. The molecule has 1 heterocycles. The Morgan fingerprint density at radius 2 is 1.67 bits per heavy atom. The predicted octanol–water partition coefficient (Wildman–Crippen LogP) is 4.32. The minimum absolute atomic E-state index is 0.559. The van der Waals surface area contributed by atoms with Crippen LogP contribution >= 0.6 is 0 Å². The van der Waals surface area contributed by atoms with E-state index in [1.807, 2.05) is 0 Å². The molecule has 0 radical (unpaired) electrons. The van der Waals surface area contributed by atoms with Crippen LogP contribution in [0.4, 0.5) is 0 Å². The lowest BCUT2D eigenvalue weighted by molar-refractivity contribution is 0.265. The van der Waals surface area contributed by atoms with E-state index >= 15 is 0 Å². The number of likely N-dealkylation sites (tertiary alicyclic amines) is 1. The van der Waals surface area contributed by atoms with Crippen molar-refractivity contribution < 1.29 is 0 Å². The van der Waals surface area contributed by atoms with Crippen molar-refractivity contribution in [2.24, 2.45) is 0 Å². The number of likely N-dealkylation sites (N-methyl/N-ethyl adjacent to an activating group) is 1. The number of nitrogens with zero attached hydrogens (tertiary/aromatic N) is 1. The van der Waals surface area contributed by atoms with Crippen molar-refractivity contribution in [1.29, 1.82) is 0 Å². The van der Waals surface area contributed by atoms with Crippen LogP contribution in [0.5, 0.6) is 0 Å². The van der Waals surface area contributed by atoms with E-state index in [9.17, 15) is 0 Å². The van der Waals surface area contributed by atoms with Gasteiger partial charge in [0.2, 0.25) is 0 Å². The van der Waals surface area contributed by atoms with E-state index in [0.29, 0.717) is 12.0 Å². The van der Waals surface area contributed by atoms with Crippen molar-refractivity contribution in [2.75, 3.05) is 13.6 Å². The topological polar surface area (TPSA) is 3.24 Å². The van der Waals surface area contributed by atoms with Crippen LogP contribution in [0.15, 0.2) is 48.5 Å². The highest BCUT2D eigenvalue weighted by molar-refractivity contribution is 5.44. The Bertz CT molecular complexity index is 643. The van der Waals surface area contributed by atoms with Crippen LogP contribution in [0.25, 0.3) is 0 Å². The number of fused-ring (bicyclic) bond motifs is 3. The fourth-order valence-corrected chi connectivity index (χ4v) is 4.36. The third kappa shape index (κ3) is 2.11. The number of benzene rings is 2. The Labute approximate surface area is 127 Å². The van der Waals surface area contributed by atoms with Crippen molar-refractivity contribution in [3.8, 4) is 0 Å². The predicted molar refractivity (Wildman–Crippen MR) is 87.9 cm³/mol. The molecular formula is C20H23N. The molecule has 2 aromatic carbocycles. The molecule has 0 amide bonds. The van der Waals surface area contributed by atoms with Gasteiger partial charge in [0.1, 0.15) is 0 Å². The average molecular weight is 277 g/mol. The van der Waals surface area contributed by atoms with Crippen LogP contribution in [-0.2, 0) is 0 Å². The second kappa shape index (κ2) is 4.99. The molecule has 0 saturated carbocycles. The molecule has 1 aliphatic heterocycles. The summed E-state index contributed by atoms with van der Waals surface area (Å²) in [6, 6.07) is 19.0. The minimum atomic E-state index is 0.559. The summed E-state index contributed by atoms with van der Waals surface area (Å²) in [5.41, 5.74) is 5.99. The highest BCUT2D eigenvalue weighted by atomic mass is 15.2. The first-order chi connectivity index (χ1) is 10.2. The van der Waals surface area contributed by atoms with Crippen LogP contribution in [0.2, 0.25) is 0 Å². The van der Waals surface area contributed by atoms with Gasteiger partial charge in [-0.3, -0.25) is 0 Å². The molecule has 21 heavy (non-hydrogen) atoms. The van der Waals surface area contributed by atoms with Crippen LogP contribution < -0.4 is 0 Å². The van der Waals surface area contributed by atoms with Crippen LogP contribution in [-0.4, -0.2) is 24.5 Å². The first-order valence-electron chi connectivity index (χ1n) is 8.09. The molecule has 0 aromatic heterocycles. The zero-order chi connectivity index (χ0) is 14.4. The van der Waals surface area contributed by atoms with Gasteiger partial charge in [0.25, 0.3) is 0 Å². The van der Waals surface area contributed by atoms with Crippen LogP contribution in [0.3, 0.4) is 0 Å². The Hall–Kier alpha value is -1.60. The van der Waals surface area contributed by atoms with Crippen LogP contribution in [0, 0.1) is 6.92 Å². The zero-order valence-corrected chi connectivity index (χ0v) is 12.9. The van der Waals surface area contributed by atoms with Gasteiger partial charge in [0.15, 0.2) is 0 Å². The molecule has 1 heteroatoms. The minimum Gasteiger partial charge on any atom is -0.303 e. The maximum Gasteiger partial charge on any atom is 0.0170 e. The fraction of sp³-hybridized carbons (Fsp3) is 0.400. The van der Waals surface area contributed by atoms with Gasteiger partial charge in [0, 0.05) is 17.9 Å². The summed E-state index contributed by atoms with van der Waals surface area (Å²) in [7, 11) is 2.30. The lowest BCUT2D eigenvalue weighted by Gasteiger charge is -2.37. The maximum absolute atomic E-state index is 2.57. The quantitative estimate of drug-likeness (QED) is 0.750. The normalized spacial score (nSPS) is 28.2. The summed E-state index contributed by atoms with van der Waals surface area (Å²) in [6.45, 7) is 3.41. The smallest absolute Gasteiger partial charge is 0.0170 e. The Balaban J connectivity index is 1.81. The molecule has 2 aromatic rings. The highest BCUT2D eigenvalue weighted by Gasteiger charge is 2.40. The molecular weight excluding hydrogens is 254 g/mol.